The molecule has 2 aromatic rings. The average Bonchev–Trinajstić information content (AvgIpc) is 3.61. The van der Waals surface area contributed by atoms with Crippen molar-refractivity contribution in [3.8, 4) is 0 Å². The van der Waals surface area contributed by atoms with E-state index in [9.17, 15) is 5.11 Å². The normalized spacial score (nSPS) is 19.6. The van der Waals surface area contributed by atoms with Crippen LogP contribution in [0.5, 0.6) is 0 Å². The SMILES string of the molecule is Nc1ccc(C2=C3C=CC(=N3)C=C3C=CC(=N3)/C(=C/O)C3=NC(=Cc4ccc2[nH]4)C=C3)cc1. The summed E-state index contributed by atoms with van der Waals surface area (Å²) < 4.78 is 0. The molecule has 0 amide bonds. The molecule has 0 saturated heterocycles. The van der Waals surface area contributed by atoms with E-state index in [1.807, 2.05) is 85.0 Å². The maximum atomic E-state index is 9.87. The fraction of sp³-hybridized carbons (Fsp3) is 0. The van der Waals surface area contributed by atoms with Crippen LogP contribution in [0, 0.1) is 0 Å². The van der Waals surface area contributed by atoms with Crippen LogP contribution in [0.1, 0.15) is 17.0 Å². The number of aliphatic hydroxyl groups excluding tert-OH is 1. The molecule has 0 fully saturated rings. The molecule has 5 heterocycles. The Bertz CT molecular complexity index is 1500. The lowest BCUT2D eigenvalue weighted by Crippen LogP contribution is -2.07. The van der Waals surface area contributed by atoms with E-state index < -0.39 is 0 Å². The van der Waals surface area contributed by atoms with Gasteiger partial charge in [-0.05, 0) is 78.4 Å². The highest BCUT2D eigenvalue weighted by atomic mass is 16.2. The third-order valence-corrected chi connectivity index (χ3v) is 5.70. The number of allylic oxidation sites excluding steroid dienone is 8. The fourth-order valence-corrected chi connectivity index (χ4v) is 4.12. The number of benzene rings is 1. The first-order chi connectivity index (χ1) is 16.2. The van der Waals surface area contributed by atoms with Crippen LogP contribution in [-0.2, 0) is 0 Å². The molecule has 8 bridgehead atoms. The average molecular weight is 429 g/mol. The summed E-state index contributed by atoms with van der Waals surface area (Å²) in [6, 6.07) is 11.9. The Morgan fingerprint density at radius 2 is 1.48 bits per heavy atom. The minimum Gasteiger partial charge on any atom is -0.515 e. The number of nitrogen functional groups attached to an aromatic ring is 1. The molecular weight excluding hydrogens is 410 g/mol. The van der Waals surface area contributed by atoms with Crippen LogP contribution < -0.4 is 5.73 Å². The Morgan fingerprint density at radius 1 is 0.758 bits per heavy atom. The first-order valence-electron chi connectivity index (χ1n) is 10.5. The van der Waals surface area contributed by atoms with Gasteiger partial charge in [0, 0.05) is 22.6 Å². The summed E-state index contributed by atoms with van der Waals surface area (Å²) in [6.45, 7) is 0. The zero-order valence-electron chi connectivity index (χ0n) is 17.5. The van der Waals surface area contributed by atoms with Crippen molar-refractivity contribution in [2.75, 3.05) is 5.73 Å². The van der Waals surface area contributed by atoms with E-state index >= 15 is 0 Å². The predicted octanol–water partition coefficient (Wildman–Crippen LogP) is 5.07. The number of aromatic amines is 1. The summed E-state index contributed by atoms with van der Waals surface area (Å²) in [6.07, 6.45) is 16.5. The van der Waals surface area contributed by atoms with Gasteiger partial charge >= 0.3 is 0 Å². The van der Waals surface area contributed by atoms with Gasteiger partial charge in [-0.15, -0.1) is 0 Å². The molecule has 1 aromatic heterocycles. The van der Waals surface area contributed by atoms with Gasteiger partial charge in [0.05, 0.1) is 46.1 Å². The number of nitrogens with one attached hydrogen (secondary N) is 1. The molecule has 6 nitrogen and oxygen atoms in total. The third kappa shape index (κ3) is 3.43. The van der Waals surface area contributed by atoms with Crippen LogP contribution in [-0.4, -0.2) is 27.2 Å². The Kier molecular flexibility index (Phi) is 4.30. The zero-order valence-corrected chi connectivity index (χ0v) is 17.5. The topological polar surface area (TPSA) is 99.1 Å². The number of hydrogen-bond donors (Lipinski definition) is 3. The molecule has 6 rings (SSSR count). The summed E-state index contributed by atoms with van der Waals surface area (Å²) in [5.74, 6) is 0. The van der Waals surface area contributed by atoms with Gasteiger partial charge in [-0.3, -0.25) is 0 Å². The molecular formula is C27H19N5O. The second kappa shape index (κ2) is 7.46. The van der Waals surface area contributed by atoms with Crippen molar-refractivity contribution >= 4 is 34.5 Å². The summed E-state index contributed by atoms with van der Waals surface area (Å²) >= 11 is 0. The standard InChI is InChI=1S/C27H19N5O/c28-17-3-1-16(2-4-17)27-25-11-7-20(31-25)13-18-5-9-23(29-18)22(15-33)24-10-6-19(30-24)14-21-8-12-26(27)32-21/h1-15,31,33H,28H2/b18-13?,19-14?,22-15+,27-26?. The van der Waals surface area contributed by atoms with Gasteiger partial charge in [-0.1, -0.05) is 12.1 Å². The van der Waals surface area contributed by atoms with E-state index in [0.717, 1.165) is 51.6 Å². The lowest BCUT2D eigenvalue weighted by atomic mass is 10.0. The fourth-order valence-electron chi connectivity index (χ4n) is 4.12. The van der Waals surface area contributed by atoms with E-state index in [1.54, 1.807) is 0 Å². The predicted molar refractivity (Wildman–Crippen MR) is 134 cm³/mol. The van der Waals surface area contributed by atoms with Gasteiger partial charge in [0.2, 0.25) is 0 Å². The van der Waals surface area contributed by atoms with Crippen molar-refractivity contribution in [1.82, 2.24) is 4.98 Å². The Balaban J connectivity index is 1.57. The van der Waals surface area contributed by atoms with Gasteiger partial charge < -0.3 is 15.8 Å². The lowest BCUT2D eigenvalue weighted by Gasteiger charge is -2.09. The highest BCUT2D eigenvalue weighted by Gasteiger charge is 2.20. The van der Waals surface area contributed by atoms with E-state index in [0.29, 0.717) is 22.7 Å². The first kappa shape index (κ1) is 19.0. The highest BCUT2D eigenvalue weighted by molar-refractivity contribution is 6.33. The molecule has 6 heteroatoms. The Morgan fingerprint density at radius 3 is 2.21 bits per heavy atom. The van der Waals surface area contributed by atoms with Gasteiger partial charge in [-0.2, -0.15) is 0 Å². The second-order valence-electron chi connectivity index (χ2n) is 7.92. The Labute approximate surface area is 190 Å². The molecule has 0 saturated carbocycles. The van der Waals surface area contributed by atoms with E-state index in [2.05, 4.69) is 15.0 Å². The smallest absolute Gasteiger partial charge is 0.0907 e. The zero-order chi connectivity index (χ0) is 22.4. The second-order valence-corrected chi connectivity index (χ2v) is 7.92. The molecule has 1 aromatic carbocycles. The van der Waals surface area contributed by atoms with Crippen LogP contribution in [0.3, 0.4) is 0 Å². The molecule has 4 aliphatic rings. The molecule has 158 valence electrons. The number of H-pyrrole nitrogens is 1. The molecule has 0 aliphatic carbocycles. The number of aromatic nitrogens is 1. The van der Waals surface area contributed by atoms with E-state index in [-0.39, 0.29) is 0 Å². The number of rotatable bonds is 1. The van der Waals surface area contributed by atoms with Crippen molar-refractivity contribution in [2.24, 2.45) is 15.0 Å². The highest BCUT2D eigenvalue weighted by Crippen LogP contribution is 2.32. The number of nitrogens with zero attached hydrogens (tertiary/aromatic N) is 3. The van der Waals surface area contributed by atoms with Crippen molar-refractivity contribution in [3.63, 3.8) is 0 Å². The molecule has 0 radical (unpaired) electrons. The summed E-state index contributed by atoms with van der Waals surface area (Å²) in [4.78, 5) is 17.7. The maximum absolute atomic E-state index is 9.87. The quantitative estimate of drug-likeness (QED) is 0.436. The van der Waals surface area contributed by atoms with Crippen molar-refractivity contribution in [2.45, 2.75) is 0 Å². The minimum atomic E-state index is 0.573. The number of fused-ring (bicyclic) bond motifs is 5. The summed E-state index contributed by atoms with van der Waals surface area (Å²) in [7, 11) is 0. The van der Waals surface area contributed by atoms with Crippen molar-refractivity contribution in [3.05, 3.63) is 125 Å². The first-order valence-corrected chi connectivity index (χ1v) is 10.5. The number of anilines is 1. The maximum Gasteiger partial charge on any atom is 0.0907 e. The molecule has 0 spiro atoms. The van der Waals surface area contributed by atoms with Crippen LogP contribution in [0.25, 0.3) is 11.6 Å². The lowest BCUT2D eigenvalue weighted by molar-refractivity contribution is 0.472. The van der Waals surface area contributed by atoms with Crippen LogP contribution in [0.4, 0.5) is 5.69 Å². The summed E-state index contributed by atoms with van der Waals surface area (Å²) in [5.41, 5.74) is 15.6. The van der Waals surface area contributed by atoms with Crippen LogP contribution in [0.2, 0.25) is 0 Å². The van der Waals surface area contributed by atoms with Crippen LogP contribution in [0.15, 0.2) is 123 Å². The number of aliphatic imine (C=N–C) groups is 3. The molecule has 0 unspecified atom stereocenters. The number of nitrogens with two attached hydrogens (primary N) is 1. The monoisotopic (exact) mass is 429 g/mol. The van der Waals surface area contributed by atoms with E-state index in [1.165, 1.54) is 0 Å². The minimum absolute atomic E-state index is 0.573. The number of hydrogen-bond acceptors (Lipinski definition) is 5. The van der Waals surface area contributed by atoms with Gasteiger partial charge in [-0.25, -0.2) is 15.0 Å². The number of aliphatic hydroxyl groups is 1. The molecule has 4 N–H and O–H groups in total. The van der Waals surface area contributed by atoms with E-state index in [4.69, 9.17) is 10.7 Å². The Hall–Kier alpha value is -4.71. The van der Waals surface area contributed by atoms with Gasteiger partial charge in [0.25, 0.3) is 0 Å². The van der Waals surface area contributed by atoms with Crippen molar-refractivity contribution < 1.29 is 5.11 Å². The van der Waals surface area contributed by atoms with Gasteiger partial charge in [0.1, 0.15) is 0 Å². The van der Waals surface area contributed by atoms with Crippen molar-refractivity contribution in [1.29, 1.82) is 0 Å². The molecule has 0 atom stereocenters. The summed E-state index contributed by atoms with van der Waals surface area (Å²) in [5, 5.41) is 9.87. The third-order valence-electron chi connectivity index (χ3n) is 5.70. The molecule has 33 heavy (non-hydrogen) atoms. The van der Waals surface area contributed by atoms with Crippen LogP contribution >= 0.6 is 0 Å². The van der Waals surface area contributed by atoms with Gasteiger partial charge in [0.15, 0.2) is 0 Å². The largest absolute Gasteiger partial charge is 0.515 e. The molecule has 4 aliphatic heterocycles.